The van der Waals surface area contributed by atoms with Gasteiger partial charge in [0.25, 0.3) is 0 Å². The highest BCUT2D eigenvalue weighted by molar-refractivity contribution is 5.23. The molecule has 0 saturated heterocycles. The number of rotatable bonds is 7. The Morgan fingerprint density at radius 1 is 1.24 bits per heavy atom. The molecule has 0 unspecified atom stereocenters. The third-order valence-corrected chi connectivity index (χ3v) is 3.33. The highest BCUT2D eigenvalue weighted by Gasteiger charge is 2.07. The molecular formula is C17H21NO3. The Bertz CT molecular complexity index is 620. The maximum absolute atomic E-state index is 12.0. The number of aromatic nitrogens is 1. The van der Waals surface area contributed by atoms with Crippen molar-refractivity contribution in [2.75, 3.05) is 0 Å². The molecule has 1 aromatic heterocycles. The molecule has 4 nitrogen and oxygen atoms in total. The van der Waals surface area contributed by atoms with Gasteiger partial charge in [-0.3, -0.25) is 4.79 Å². The zero-order valence-corrected chi connectivity index (χ0v) is 12.3. The van der Waals surface area contributed by atoms with Crippen LogP contribution in [0.2, 0.25) is 0 Å². The van der Waals surface area contributed by atoms with Crippen molar-refractivity contribution in [3.8, 4) is 5.75 Å². The van der Waals surface area contributed by atoms with Crippen LogP contribution in [-0.2, 0) is 19.8 Å². The minimum Gasteiger partial charge on any atom is -0.483 e. The number of benzene rings is 1. The first-order valence-electron chi connectivity index (χ1n) is 7.25. The van der Waals surface area contributed by atoms with Crippen molar-refractivity contribution in [1.29, 1.82) is 0 Å². The zero-order chi connectivity index (χ0) is 15.1. The van der Waals surface area contributed by atoms with Gasteiger partial charge in [0, 0.05) is 18.3 Å². The van der Waals surface area contributed by atoms with Gasteiger partial charge in [0.15, 0.2) is 5.75 Å². The summed E-state index contributed by atoms with van der Waals surface area (Å²) in [7, 11) is 0. The molecule has 21 heavy (non-hydrogen) atoms. The van der Waals surface area contributed by atoms with Crippen LogP contribution in [0.4, 0.5) is 0 Å². The number of hydrogen-bond acceptors (Lipinski definition) is 3. The van der Waals surface area contributed by atoms with Crippen molar-refractivity contribution in [3.05, 3.63) is 64.1 Å². The van der Waals surface area contributed by atoms with Gasteiger partial charge in [-0.15, -0.1) is 0 Å². The van der Waals surface area contributed by atoms with E-state index in [4.69, 9.17) is 4.74 Å². The molecule has 0 bridgehead atoms. The molecule has 1 aromatic carbocycles. The fourth-order valence-electron chi connectivity index (χ4n) is 2.11. The Labute approximate surface area is 124 Å². The number of aryl methyl sites for hydroxylation is 1. The van der Waals surface area contributed by atoms with Gasteiger partial charge in [0.05, 0.1) is 12.8 Å². The molecule has 0 amide bonds. The molecule has 1 N–H and O–H groups in total. The molecule has 2 aromatic rings. The van der Waals surface area contributed by atoms with E-state index in [0.29, 0.717) is 18.1 Å². The molecule has 0 saturated carbocycles. The zero-order valence-electron chi connectivity index (χ0n) is 12.3. The van der Waals surface area contributed by atoms with Gasteiger partial charge in [0.1, 0.15) is 6.61 Å². The number of hydrogen-bond donors (Lipinski definition) is 1. The minimum absolute atomic E-state index is 0.141. The summed E-state index contributed by atoms with van der Waals surface area (Å²) in [6.45, 7) is 3.10. The number of unbranched alkanes of at least 4 members (excludes halogenated alkanes) is 1. The average molecular weight is 287 g/mol. The van der Waals surface area contributed by atoms with Crippen LogP contribution in [0.5, 0.6) is 5.75 Å². The fourth-order valence-corrected chi connectivity index (χ4v) is 2.11. The van der Waals surface area contributed by atoms with E-state index in [2.05, 4.69) is 6.92 Å². The van der Waals surface area contributed by atoms with E-state index in [9.17, 15) is 9.90 Å². The number of aliphatic hydroxyl groups is 1. The third kappa shape index (κ3) is 4.20. The van der Waals surface area contributed by atoms with Crippen LogP contribution in [0, 0.1) is 0 Å². The fraction of sp³-hybridized carbons (Fsp3) is 0.353. The average Bonchev–Trinajstić information content (AvgIpc) is 2.53. The van der Waals surface area contributed by atoms with E-state index in [1.165, 1.54) is 6.07 Å². The van der Waals surface area contributed by atoms with Gasteiger partial charge in [-0.2, -0.15) is 0 Å². The standard InChI is InChI=1S/C17H21NO3/c1-2-3-9-18-11-17(16(20)10-15(18)12-19)21-13-14-7-5-4-6-8-14/h4-8,10-11,19H,2-3,9,12-13H2,1H3. The van der Waals surface area contributed by atoms with Gasteiger partial charge in [-0.1, -0.05) is 43.7 Å². The molecule has 0 aliphatic heterocycles. The van der Waals surface area contributed by atoms with Crippen LogP contribution in [0.3, 0.4) is 0 Å². The first-order valence-corrected chi connectivity index (χ1v) is 7.25. The maximum atomic E-state index is 12.0. The maximum Gasteiger partial charge on any atom is 0.223 e. The monoisotopic (exact) mass is 287 g/mol. The Morgan fingerprint density at radius 2 is 2.00 bits per heavy atom. The van der Waals surface area contributed by atoms with Gasteiger partial charge < -0.3 is 14.4 Å². The van der Waals surface area contributed by atoms with Crippen molar-refractivity contribution in [2.45, 2.75) is 39.5 Å². The summed E-state index contributed by atoms with van der Waals surface area (Å²) in [5.41, 5.74) is 1.45. The summed E-state index contributed by atoms with van der Waals surface area (Å²) in [6, 6.07) is 11.2. The van der Waals surface area contributed by atoms with E-state index in [-0.39, 0.29) is 12.0 Å². The summed E-state index contributed by atoms with van der Waals surface area (Å²) in [6.07, 6.45) is 3.75. The topological polar surface area (TPSA) is 51.5 Å². The molecule has 0 spiro atoms. The van der Waals surface area contributed by atoms with Gasteiger partial charge >= 0.3 is 0 Å². The molecule has 0 aliphatic rings. The van der Waals surface area contributed by atoms with Crippen molar-refractivity contribution in [3.63, 3.8) is 0 Å². The second-order valence-corrected chi connectivity index (χ2v) is 4.97. The second kappa shape index (κ2) is 7.64. The lowest BCUT2D eigenvalue weighted by Gasteiger charge is -2.14. The van der Waals surface area contributed by atoms with Crippen LogP contribution in [0.25, 0.3) is 0 Å². The molecule has 112 valence electrons. The third-order valence-electron chi connectivity index (χ3n) is 3.33. The van der Waals surface area contributed by atoms with Crippen LogP contribution < -0.4 is 10.2 Å². The van der Waals surface area contributed by atoms with Crippen LogP contribution in [0.15, 0.2) is 47.4 Å². The Morgan fingerprint density at radius 3 is 2.67 bits per heavy atom. The highest BCUT2D eigenvalue weighted by atomic mass is 16.5. The largest absolute Gasteiger partial charge is 0.483 e. The first-order chi connectivity index (χ1) is 10.2. The molecule has 2 rings (SSSR count). The molecule has 4 heteroatoms. The summed E-state index contributed by atoms with van der Waals surface area (Å²) >= 11 is 0. The Hall–Kier alpha value is -2.07. The summed E-state index contributed by atoms with van der Waals surface area (Å²) in [4.78, 5) is 12.0. The highest BCUT2D eigenvalue weighted by Crippen LogP contribution is 2.11. The summed E-state index contributed by atoms with van der Waals surface area (Å²) < 4.78 is 7.52. The molecular weight excluding hydrogens is 266 g/mol. The van der Waals surface area contributed by atoms with E-state index >= 15 is 0 Å². The summed E-state index contributed by atoms with van der Waals surface area (Å²) in [5, 5.41) is 9.34. The van der Waals surface area contributed by atoms with E-state index < -0.39 is 0 Å². The van der Waals surface area contributed by atoms with E-state index in [1.807, 2.05) is 34.9 Å². The van der Waals surface area contributed by atoms with Crippen LogP contribution >= 0.6 is 0 Å². The van der Waals surface area contributed by atoms with Crippen molar-refractivity contribution in [2.24, 2.45) is 0 Å². The van der Waals surface area contributed by atoms with Gasteiger partial charge in [-0.25, -0.2) is 0 Å². The molecule has 0 atom stereocenters. The molecule has 0 aliphatic carbocycles. The van der Waals surface area contributed by atoms with E-state index in [1.54, 1.807) is 6.20 Å². The second-order valence-electron chi connectivity index (χ2n) is 4.97. The number of ether oxygens (including phenoxy) is 1. The summed E-state index contributed by atoms with van der Waals surface area (Å²) in [5.74, 6) is 0.326. The van der Waals surface area contributed by atoms with Crippen molar-refractivity contribution >= 4 is 0 Å². The lowest BCUT2D eigenvalue weighted by Crippen LogP contribution is -2.15. The normalized spacial score (nSPS) is 10.6. The molecule has 1 heterocycles. The van der Waals surface area contributed by atoms with Gasteiger partial charge in [-0.05, 0) is 12.0 Å². The minimum atomic E-state index is -0.192. The van der Waals surface area contributed by atoms with Crippen molar-refractivity contribution in [1.82, 2.24) is 4.57 Å². The Balaban J connectivity index is 2.16. The number of aliphatic hydroxyl groups excluding tert-OH is 1. The van der Waals surface area contributed by atoms with E-state index in [0.717, 1.165) is 24.9 Å². The first kappa shape index (κ1) is 15.3. The molecule has 0 radical (unpaired) electrons. The van der Waals surface area contributed by atoms with Crippen molar-refractivity contribution < 1.29 is 9.84 Å². The van der Waals surface area contributed by atoms with Crippen LogP contribution in [-0.4, -0.2) is 9.67 Å². The van der Waals surface area contributed by atoms with Crippen LogP contribution in [0.1, 0.15) is 31.0 Å². The number of pyridine rings is 1. The number of nitrogens with zero attached hydrogens (tertiary/aromatic N) is 1. The lowest BCUT2D eigenvalue weighted by molar-refractivity contribution is 0.265. The Kier molecular flexibility index (Phi) is 5.58. The quantitative estimate of drug-likeness (QED) is 0.852. The predicted octanol–water partition coefficient (Wildman–Crippen LogP) is 2.72. The molecule has 0 fully saturated rings. The lowest BCUT2D eigenvalue weighted by atomic mass is 10.2. The SMILES string of the molecule is CCCCn1cc(OCc2ccccc2)c(=O)cc1CO. The smallest absolute Gasteiger partial charge is 0.223 e. The predicted molar refractivity (Wildman–Crippen MR) is 82.3 cm³/mol. The van der Waals surface area contributed by atoms with Gasteiger partial charge in [0.2, 0.25) is 5.43 Å².